The average molecular weight is 291 g/mol. The van der Waals surface area contributed by atoms with E-state index < -0.39 is 0 Å². The van der Waals surface area contributed by atoms with E-state index in [-0.39, 0.29) is 0 Å². The molecule has 0 aliphatic rings. The van der Waals surface area contributed by atoms with Gasteiger partial charge in [-0.2, -0.15) is 0 Å². The van der Waals surface area contributed by atoms with Crippen molar-refractivity contribution >= 4 is 21.8 Å². The Hall–Kier alpha value is -2.75. The zero-order chi connectivity index (χ0) is 14.9. The molecule has 0 fully saturated rings. The Morgan fingerprint density at radius 2 is 2.09 bits per heavy atom. The molecule has 0 radical (unpaired) electrons. The van der Waals surface area contributed by atoms with Gasteiger partial charge >= 0.3 is 0 Å². The van der Waals surface area contributed by atoms with Gasteiger partial charge in [0.15, 0.2) is 0 Å². The Balaban J connectivity index is 1.70. The van der Waals surface area contributed by atoms with Crippen LogP contribution in [0.4, 0.5) is 0 Å². The van der Waals surface area contributed by atoms with Crippen LogP contribution < -0.4 is 4.74 Å². The predicted molar refractivity (Wildman–Crippen MR) is 88.3 cm³/mol. The number of fused-ring (bicyclic) bond motifs is 3. The first kappa shape index (κ1) is 13.0. The summed E-state index contributed by atoms with van der Waals surface area (Å²) in [5.74, 6) is 0.909. The highest BCUT2D eigenvalue weighted by Gasteiger charge is 2.10. The average Bonchev–Trinajstić information content (AvgIpc) is 3.15. The SMILES string of the molecule is Cc1cc(OCCn2ccnc2)c2[nH]c3ccccc3c2c1. The van der Waals surface area contributed by atoms with Gasteiger partial charge in [-0.25, -0.2) is 4.98 Å². The first-order chi connectivity index (χ1) is 10.8. The van der Waals surface area contributed by atoms with Gasteiger partial charge in [0.1, 0.15) is 12.4 Å². The number of para-hydroxylation sites is 1. The van der Waals surface area contributed by atoms with E-state index in [2.05, 4.69) is 47.2 Å². The van der Waals surface area contributed by atoms with Crippen LogP contribution >= 0.6 is 0 Å². The molecule has 0 atom stereocenters. The molecule has 2 aromatic heterocycles. The molecule has 2 heterocycles. The molecule has 0 amide bonds. The molecule has 0 aliphatic heterocycles. The largest absolute Gasteiger partial charge is 0.490 e. The van der Waals surface area contributed by atoms with Gasteiger partial charge in [0.05, 0.1) is 18.4 Å². The number of rotatable bonds is 4. The molecule has 0 aliphatic carbocycles. The molecule has 110 valence electrons. The fourth-order valence-electron chi connectivity index (χ4n) is 2.85. The summed E-state index contributed by atoms with van der Waals surface area (Å²) in [6, 6.07) is 12.6. The van der Waals surface area contributed by atoms with Crippen LogP contribution in [0.3, 0.4) is 0 Å². The lowest BCUT2D eigenvalue weighted by Gasteiger charge is -2.09. The number of ether oxygens (including phenoxy) is 1. The molecule has 0 saturated carbocycles. The van der Waals surface area contributed by atoms with Crippen LogP contribution in [0.1, 0.15) is 5.56 Å². The van der Waals surface area contributed by atoms with E-state index in [0.717, 1.165) is 23.3 Å². The highest BCUT2D eigenvalue weighted by molar-refractivity contribution is 6.09. The summed E-state index contributed by atoms with van der Waals surface area (Å²) in [5.41, 5.74) is 3.41. The molecule has 0 saturated heterocycles. The second kappa shape index (κ2) is 5.22. The summed E-state index contributed by atoms with van der Waals surface area (Å²) in [6.07, 6.45) is 5.53. The van der Waals surface area contributed by atoms with E-state index >= 15 is 0 Å². The number of aromatic amines is 1. The fourth-order valence-corrected chi connectivity index (χ4v) is 2.85. The quantitative estimate of drug-likeness (QED) is 0.619. The zero-order valence-corrected chi connectivity index (χ0v) is 12.4. The predicted octanol–water partition coefficient (Wildman–Crippen LogP) is 3.91. The van der Waals surface area contributed by atoms with Gasteiger partial charge in [0.2, 0.25) is 0 Å². The van der Waals surface area contributed by atoms with E-state index in [1.807, 2.05) is 16.8 Å². The van der Waals surface area contributed by atoms with Gasteiger partial charge in [0, 0.05) is 28.7 Å². The van der Waals surface area contributed by atoms with Gasteiger partial charge in [-0.1, -0.05) is 18.2 Å². The molecule has 4 rings (SSSR count). The summed E-state index contributed by atoms with van der Waals surface area (Å²) in [6.45, 7) is 3.50. The van der Waals surface area contributed by atoms with Crippen molar-refractivity contribution in [1.29, 1.82) is 0 Å². The number of aromatic nitrogens is 3. The highest BCUT2D eigenvalue weighted by atomic mass is 16.5. The van der Waals surface area contributed by atoms with Crippen molar-refractivity contribution in [1.82, 2.24) is 14.5 Å². The summed E-state index contributed by atoms with van der Waals surface area (Å²) < 4.78 is 8.04. The molecule has 0 spiro atoms. The molecule has 2 aromatic carbocycles. The van der Waals surface area contributed by atoms with Crippen LogP contribution in [0.15, 0.2) is 55.1 Å². The van der Waals surface area contributed by atoms with Gasteiger partial charge in [0.25, 0.3) is 0 Å². The second-order valence-electron chi connectivity index (χ2n) is 5.51. The molecule has 4 aromatic rings. The Morgan fingerprint density at radius 1 is 1.18 bits per heavy atom. The van der Waals surface area contributed by atoms with Crippen molar-refractivity contribution in [2.24, 2.45) is 0 Å². The van der Waals surface area contributed by atoms with Crippen LogP contribution in [-0.2, 0) is 6.54 Å². The van der Waals surface area contributed by atoms with Crippen molar-refractivity contribution in [2.75, 3.05) is 6.61 Å². The molecule has 22 heavy (non-hydrogen) atoms. The Bertz CT molecular complexity index is 922. The fraction of sp³-hybridized carbons (Fsp3) is 0.167. The Morgan fingerprint density at radius 3 is 2.95 bits per heavy atom. The monoisotopic (exact) mass is 291 g/mol. The molecule has 4 heteroatoms. The summed E-state index contributed by atoms with van der Waals surface area (Å²) in [5, 5.41) is 2.45. The van der Waals surface area contributed by atoms with Crippen molar-refractivity contribution in [3.05, 3.63) is 60.7 Å². The van der Waals surface area contributed by atoms with Crippen LogP contribution in [0, 0.1) is 6.92 Å². The molecular formula is C18H17N3O. The van der Waals surface area contributed by atoms with E-state index in [9.17, 15) is 0 Å². The van der Waals surface area contributed by atoms with Crippen molar-refractivity contribution in [2.45, 2.75) is 13.5 Å². The summed E-state index contributed by atoms with van der Waals surface area (Å²) in [7, 11) is 0. The number of aryl methyl sites for hydroxylation is 1. The lowest BCUT2D eigenvalue weighted by atomic mass is 10.1. The number of hydrogen-bond acceptors (Lipinski definition) is 2. The minimum absolute atomic E-state index is 0.615. The van der Waals surface area contributed by atoms with Crippen LogP contribution in [0.5, 0.6) is 5.75 Å². The molecule has 0 bridgehead atoms. The standard InChI is InChI=1S/C18H17N3O/c1-13-10-15-14-4-2-3-5-16(14)20-18(15)17(11-13)22-9-8-21-7-6-19-12-21/h2-7,10-12,20H,8-9H2,1H3. The maximum absolute atomic E-state index is 6.02. The molecular weight excluding hydrogens is 274 g/mol. The first-order valence-electron chi connectivity index (χ1n) is 7.41. The van der Waals surface area contributed by atoms with E-state index in [1.165, 1.54) is 16.3 Å². The third kappa shape index (κ3) is 2.22. The lowest BCUT2D eigenvalue weighted by molar-refractivity contribution is 0.301. The van der Waals surface area contributed by atoms with Crippen LogP contribution in [0.2, 0.25) is 0 Å². The maximum Gasteiger partial charge on any atom is 0.143 e. The lowest BCUT2D eigenvalue weighted by Crippen LogP contribution is -2.06. The molecule has 1 N–H and O–H groups in total. The number of nitrogens with zero attached hydrogens (tertiary/aromatic N) is 2. The van der Waals surface area contributed by atoms with E-state index in [4.69, 9.17) is 4.74 Å². The van der Waals surface area contributed by atoms with Gasteiger partial charge < -0.3 is 14.3 Å². The topological polar surface area (TPSA) is 42.8 Å². The highest BCUT2D eigenvalue weighted by Crippen LogP contribution is 2.32. The molecule has 0 unspecified atom stereocenters. The van der Waals surface area contributed by atoms with Crippen molar-refractivity contribution in [3.63, 3.8) is 0 Å². The smallest absolute Gasteiger partial charge is 0.143 e. The minimum atomic E-state index is 0.615. The minimum Gasteiger partial charge on any atom is -0.490 e. The number of benzene rings is 2. The van der Waals surface area contributed by atoms with E-state index in [0.29, 0.717) is 6.61 Å². The van der Waals surface area contributed by atoms with Crippen LogP contribution in [-0.4, -0.2) is 21.1 Å². The van der Waals surface area contributed by atoms with Crippen molar-refractivity contribution < 1.29 is 4.74 Å². The summed E-state index contributed by atoms with van der Waals surface area (Å²) >= 11 is 0. The van der Waals surface area contributed by atoms with Crippen molar-refractivity contribution in [3.8, 4) is 5.75 Å². The maximum atomic E-state index is 6.02. The molecule has 4 nitrogen and oxygen atoms in total. The van der Waals surface area contributed by atoms with E-state index in [1.54, 1.807) is 12.5 Å². The first-order valence-corrected chi connectivity index (χ1v) is 7.41. The Labute approximate surface area is 128 Å². The number of H-pyrrole nitrogens is 1. The zero-order valence-electron chi connectivity index (χ0n) is 12.4. The Kier molecular flexibility index (Phi) is 3.07. The summed E-state index contributed by atoms with van der Waals surface area (Å²) in [4.78, 5) is 7.52. The van der Waals surface area contributed by atoms with Gasteiger partial charge in [-0.3, -0.25) is 0 Å². The number of hydrogen-bond donors (Lipinski definition) is 1. The van der Waals surface area contributed by atoms with Gasteiger partial charge in [-0.05, 0) is 30.7 Å². The number of imidazole rings is 1. The number of nitrogens with one attached hydrogen (secondary N) is 1. The third-order valence-corrected chi connectivity index (χ3v) is 3.89. The van der Waals surface area contributed by atoms with Gasteiger partial charge in [-0.15, -0.1) is 0 Å². The van der Waals surface area contributed by atoms with Crippen LogP contribution in [0.25, 0.3) is 21.8 Å². The normalized spacial score (nSPS) is 11.3. The second-order valence-corrected chi connectivity index (χ2v) is 5.51. The third-order valence-electron chi connectivity index (χ3n) is 3.89.